The summed E-state index contributed by atoms with van der Waals surface area (Å²) in [7, 11) is -2.86. The lowest BCUT2D eigenvalue weighted by molar-refractivity contribution is -0.118. The lowest BCUT2D eigenvalue weighted by Gasteiger charge is -2.03. The van der Waals surface area contributed by atoms with Gasteiger partial charge in [-0.05, 0) is 24.1 Å². The van der Waals surface area contributed by atoms with Gasteiger partial charge < -0.3 is 9.84 Å². The quantitative estimate of drug-likeness (QED) is 0.798. The smallest absolute Gasteiger partial charge is 0.387 e. The molecule has 0 saturated heterocycles. The minimum atomic E-state index is -2.86. The zero-order chi connectivity index (χ0) is 12.0. The summed E-state index contributed by atoms with van der Waals surface area (Å²) in [6, 6.07) is 6.68. The van der Waals surface area contributed by atoms with Crippen molar-refractivity contribution in [2.75, 3.05) is 6.54 Å². The second kappa shape index (κ2) is 6.08. The molecule has 1 aromatic rings. The Morgan fingerprint density at radius 1 is 1.31 bits per heavy atom. The Morgan fingerprint density at radius 3 is 2.44 bits per heavy atom. The molecule has 0 heterocycles. The Morgan fingerprint density at radius 2 is 1.94 bits per heavy atom. The van der Waals surface area contributed by atoms with Gasteiger partial charge in [-0.2, -0.15) is 9.13 Å². The molecule has 0 spiro atoms. The van der Waals surface area contributed by atoms with Crippen LogP contribution in [0.1, 0.15) is 12.5 Å². The number of amides is 1. The molecule has 0 radical (unpaired) electrons. The van der Waals surface area contributed by atoms with E-state index in [0.717, 1.165) is 5.56 Å². The van der Waals surface area contributed by atoms with Gasteiger partial charge in [0.1, 0.15) is 5.75 Å². The van der Waals surface area contributed by atoms with Crippen LogP contribution in [0.25, 0.3) is 0 Å². The average molecular weight is 241 g/mol. The SMILES string of the molecule is CC(=O)NCCc1ccc(OP(=O)=O)cc1. The van der Waals surface area contributed by atoms with Crippen LogP contribution in [0.3, 0.4) is 0 Å². The zero-order valence-corrected chi connectivity index (χ0v) is 9.70. The van der Waals surface area contributed by atoms with E-state index in [1.54, 1.807) is 24.3 Å². The molecule has 0 atom stereocenters. The highest BCUT2D eigenvalue weighted by molar-refractivity contribution is 7.25. The molecule has 0 fully saturated rings. The molecular formula is C10H12NO4P. The number of hydrogen-bond donors (Lipinski definition) is 1. The fraction of sp³-hybridized carbons (Fsp3) is 0.300. The van der Waals surface area contributed by atoms with Crippen molar-refractivity contribution in [3.63, 3.8) is 0 Å². The Balaban J connectivity index is 2.48. The van der Waals surface area contributed by atoms with Gasteiger partial charge in [-0.3, -0.25) is 4.79 Å². The Kier molecular flexibility index (Phi) is 4.73. The highest BCUT2D eigenvalue weighted by Gasteiger charge is 1.98. The normalized spacial score (nSPS) is 9.56. The van der Waals surface area contributed by atoms with E-state index < -0.39 is 7.91 Å². The standard InChI is InChI=1S/C10H12NO4P/c1-8(12)11-7-6-9-2-4-10(5-3-9)15-16(13)14/h2-5H,6-7H2,1H3,(H,11,12). The van der Waals surface area contributed by atoms with Gasteiger partial charge in [-0.1, -0.05) is 12.1 Å². The van der Waals surface area contributed by atoms with Crippen molar-refractivity contribution in [1.82, 2.24) is 5.32 Å². The van der Waals surface area contributed by atoms with Crippen LogP contribution in [0.4, 0.5) is 0 Å². The number of nitrogens with one attached hydrogen (secondary N) is 1. The number of rotatable bonds is 5. The van der Waals surface area contributed by atoms with Crippen molar-refractivity contribution < 1.29 is 18.4 Å². The van der Waals surface area contributed by atoms with Crippen molar-refractivity contribution in [2.45, 2.75) is 13.3 Å². The van der Waals surface area contributed by atoms with Crippen LogP contribution in [0.15, 0.2) is 24.3 Å². The molecule has 0 unspecified atom stereocenters. The number of benzene rings is 1. The van der Waals surface area contributed by atoms with Crippen LogP contribution in [0.5, 0.6) is 5.75 Å². The highest BCUT2D eigenvalue weighted by Crippen LogP contribution is 2.18. The van der Waals surface area contributed by atoms with Crippen molar-refractivity contribution in [1.29, 1.82) is 0 Å². The van der Waals surface area contributed by atoms with E-state index in [2.05, 4.69) is 9.84 Å². The summed E-state index contributed by atoms with van der Waals surface area (Å²) < 4.78 is 25.0. The van der Waals surface area contributed by atoms with Crippen molar-refractivity contribution >= 4 is 13.8 Å². The summed E-state index contributed by atoms with van der Waals surface area (Å²) in [6.07, 6.45) is 0.698. The first-order chi connectivity index (χ1) is 7.58. The monoisotopic (exact) mass is 241 g/mol. The second-order valence-electron chi connectivity index (χ2n) is 3.19. The first-order valence-electron chi connectivity index (χ1n) is 4.73. The molecule has 1 N–H and O–H groups in total. The summed E-state index contributed by atoms with van der Waals surface area (Å²) in [4.78, 5) is 10.6. The predicted molar refractivity (Wildman–Crippen MR) is 57.8 cm³/mol. The van der Waals surface area contributed by atoms with E-state index in [1.165, 1.54) is 6.92 Å². The van der Waals surface area contributed by atoms with Gasteiger partial charge in [-0.15, -0.1) is 0 Å². The molecule has 0 aliphatic heterocycles. The van der Waals surface area contributed by atoms with E-state index in [-0.39, 0.29) is 5.91 Å². The van der Waals surface area contributed by atoms with E-state index >= 15 is 0 Å². The van der Waals surface area contributed by atoms with Crippen LogP contribution in [0.2, 0.25) is 0 Å². The third-order valence-corrected chi connectivity index (χ3v) is 2.25. The van der Waals surface area contributed by atoms with Crippen molar-refractivity contribution in [3.8, 4) is 5.75 Å². The maximum absolute atomic E-state index is 10.6. The Hall–Kier alpha value is -1.61. The Labute approximate surface area is 93.7 Å². The largest absolute Gasteiger partial charge is 0.529 e. The lowest BCUT2D eigenvalue weighted by atomic mass is 10.1. The predicted octanol–water partition coefficient (Wildman–Crippen LogP) is 1.83. The molecule has 1 rings (SSSR count). The van der Waals surface area contributed by atoms with Gasteiger partial charge in [-0.25, -0.2) is 0 Å². The highest BCUT2D eigenvalue weighted by atomic mass is 31.1. The van der Waals surface area contributed by atoms with Crippen molar-refractivity contribution in [3.05, 3.63) is 29.8 Å². The molecule has 5 nitrogen and oxygen atoms in total. The number of carbonyl (C=O) groups is 1. The topological polar surface area (TPSA) is 72.5 Å². The van der Waals surface area contributed by atoms with Crippen LogP contribution >= 0.6 is 7.91 Å². The third kappa shape index (κ3) is 4.75. The summed E-state index contributed by atoms with van der Waals surface area (Å²) in [5.74, 6) is 0.225. The maximum Gasteiger partial charge on any atom is 0.529 e. The third-order valence-electron chi connectivity index (χ3n) is 1.89. The summed E-state index contributed by atoms with van der Waals surface area (Å²) >= 11 is 0. The van der Waals surface area contributed by atoms with Crippen LogP contribution in [0, 0.1) is 0 Å². The fourth-order valence-corrected chi connectivity index (χ4v) is 1.48. The lowest BCUT2D eigenvalue weighted by Crippen LogP contribution is -2.22. The van der Waals surface area contributed by atoms with Crippen LogP contribution in [-0.2, 0) is 20.3 Å². The number of hydrogen-bond acceptors (Lipinski definition) is 4. The van der Waals surface area contributed by atoms with Gasteiger partial charge in [0.2, 0.25) is 5.91 Å². The molecular weight excluding hydrogens is 229 g/mol. The summed E-state index contributed by atoms with van der Waals surface area (Å²) in [5.41, 5.74) is 1.00. The first-order valence-corrected chi connectivity index (χ1v) is 5.83. The van der Waals surface area contributed by atoms with Crippen LogP contribution in [-0.4, -0.2) is 12.5 Å². The van der Waals surface area contributed by atoms with E-state index in [1.807, 2.05) is 0 Å². The van der Waals surface area contributed by atoms with Crippen LogP contribution < -0.4 is 9.84 Å². The average Bonchev–Trinajstić information content (AvgIpc) is 2.19. The molecule has 0 aromatic heterocycles. The zero-order valence-electron chi connectivity index (χ0n) is 8.80. The molecule has 0 bridgehead atoms. The molecule has 1 amide bonds. The molecule has 86 valence electrons. The first kappa shape index (κ1) is 12.5. The fourth-order valence-electron chi connectivity index (χ4n) is 1.19. The Bertz CT molecular complexity index is 417. The summed E-state index contributed by atoms with van der Waals surface area (Å²) in [6.45, 7) is 2.02. The van der Waals surface area contributed by atoms with E-state index in [9.17, 15) is 13.9 Å². The van der Waals surface area contributed by atoms with Gasteiger partial charge >= 0.3 is 7.91 Å². The van der Waals surface area contributed by atoms with Gasteiger partial charge in [0.05, 0.1) is 0 Å². The molecule has 0 aliphatic carbocycles. The van der Waals surface area contributed by atoms with Gasteiger partial charge in [0, 0.05) is 13.5 Å². The van der Waals surface area contributed by atoms with Gasteiger partial charge in [0.25, 0.3) is 0 Å². The van der Waals surface area contributed by atoms with Crippen molar-refractivity contribution in [2.24, 2.45) is 0 Å². The molecule has 0 aliphatic rings. The minimum Gasteiger partial charge on any atom is -0.387 e. The summed E-state index contributed by atoms with van der Waals surface area (Å²) in [5, 5.41) is 2.67. The maximum atomic E-state index is 10.6. The second-order valence-corrected chi connectivity index (χ2v) is 3.82. The molecule has 16 heavy (non-hydrogen) atoms. The van der Waals surface area contributed by atoms with E-state index in [4.69, 9.17) is 0 Å². The molecule has 6 heteroatoms. The molecule has 1 aromatic carbocycles. The van der Waals surface area contributed by atoms with Gasteiger partial charge in [0.15, 0.2) is 0 Å². The van der Waals surface area contributed by atoms with E-state index in [0.29, 0.717) is 18.7 Å². The number of carbonyl (C=O) groups excluding carboxylic acids is 1. The molecule has 0 saturated carbocycles. The minimum absolute atomic E-state index is 0.0664.